The predicted octanol–water partition coefficient (Wildman–Crippen LogP) is 1.76. The van der Waals surface area contributed by atoms with Crippen molar-refractivity contribution in [2.24, 2.45) is 0 Å². The van der Waals surface area contributed by atoms with Gasteiger partial charge in [0.1, 0.15) is 0 Å². The van der Waals surface area contributed by atoms with Gasteiger partial charge >= 0.3 is 0 Å². The Morgan fingerprint density at radius 1 is 1.33 bits per heavy atom. The summed E-state index contributed by atoms with van der Waals surface area (Å²) < 4.78 is 5.99. The number of aromatic amines is 1. The van der Waals surface area contributed by atoms with Crippen LogP contribution in [0, 0.1) is 0 Å². The van der Waals surface area contributed by atoms with Crippen LogP contribution in [0.5, 0.6) is 0 Å². The van der Waals surface area contributed by atoms with E-state index in [4.69, 9.17) is 4.43 Å². The Labute approximate surface area is 91.7 Å². The maximum Gasteiger partial charge on any atom is 0.191 e. The fourth-order valence-corrected chi connectivity index (χ4v) is 1.95. The van der Waals surface area contributed by atoms with Crippen LogP contribution in [-0.2, 0) is 10.8 Å². The van der Waals surface area contributed by atoms with Crippen LogP contribution in [0.4, 0.5) is 0 Å². The van der Waals surface area contributed by atoms with Crippen LogP contribution in [0.1, 0.15) is 26.6 Å². The first-order valence-corrected chi connectivity index (χ1v) is 8.10. The minimum atomic E-state index is -1.62. The summed E-state index contributed by atoms with van der Waals surface area (Å²) in [7, 11) is -1.62. The summed E-state index contributed by atoms with van der Waals surface area (Å²) in [5.74, 6) is 0.786. The third kappa shape index (κ3) is 3.39. The summed E-state index contributed by atoms with van der Waals surface area (Å²) in [6.07, 6.45) is 0.750. The normalized spacial score (nSPS) is 13.1. The van der Waals surface area contributed by atoms with E-state index in [1.165, 1.54) is 0 Å². The SMILES string of the molecule is CC(C)(C)[Si](C)(C)OCCc1nnn[nH]1. The van der Waals surface area contributed by atoms with E-state index in [2.05, 4.69) is 54.5 Å². The molecule has 0 aliphatic carbocycles. The smallest absolute Gasteiger partial charge is 0.191 e. The maximum atomic E-state index is 5.99. The summed E-state index contributed by atoms with van der Waals surface area (Å²) >= 11 is 0. The Morgan fingerprint density at radius 2 is 2.00 bits per heavy atom. The van der Waals surface area contributed by atoms with Gasteiger partial charge in [-0.2, -0.15) is 0 Å². The fraction of sp³-hybridized carbons (Fsp3) is 0.889. The average molecular weight is 228 g/mol. The van der Waals surface area contributed by atoms with Crippen LogP contribution in [-0.4, -0.2) is 35.5 Å². The molecule has 0 fully saturated rings. The zero-order valence-electron chi connectivity index (χ0n) is 10.2. The number of rotatable bonds is 4. The van der Waals surface area contributed by atoms with Crippen molar-refractivity contribution >= 4 is 8.32 Å². The molecule has 0 unspecified atom stereocenters. The molecule has 86 valence electrons. The van der Waals surface area contributed by atoms with Gasteiger partial charge in [-0.3, -0.25) is 0 Å². The molecule has 0 saturated heterocycles. The Hall–Kier alpha value is -0.753. The number of H-pyrrole nitrogens is 1. The van der Waals surface area contributed by atoms with Crippen molar-refractivity contribution < 1.29 is 4.43 Å². The highest BCUT2D eigenvalue weighted by Gasteiger charge is 2.36. The minimum Gasteiger partial charge on any atom is -0.416 e. The summed E-state index contributed by atoms with van der Waals surface area (Å²) in [6.45, 7) is 11.9. The molecule has 6 heteroatoms. The van der Waals surface area contributed by atoms with Crippen LogP contribution in [0.2, 0.25) is 18.1 Å². The van der Waals surface area contributed by atoms with Gasteiger partial charge in [0.2, 0.25) is 0 Å². The van der Waals surface area contributed by atoms with Crippen molar-refractivity contribution in [3.8, 4) is 0 Å². The minimum absolute atomic E-state index is 0.257. The van der Waals surface area contributed by atoms with Crippen LogP contribution in [0.25, 0.3) is 0 Å². The molecule has 0 radical (unpaired) electrons. The second-order valence-corrected chi connectivity index (χ2v) is 10.0. The zero-order chi connectivity index (χ0) is 11.5. The lowest BCUT2D eigenvalue weighted by Gasteiger charge is -2.36. The lowest BCUT2D eigenvalue weighted by atomic mass is 10.2. The molecular weight excluding hydrogens is 208 g/mol. The molecule has 1 rings (SSSR count). The molecule has 0 amide bonds. The van der Waals surface area contributed by atoms with Crippen LogP contribution in [0.15, 0.2) is 0 Å². The molecule has 0 aromatic carbocycles. The van der Waals surface area contributed by atoms with E-state index in [-0.39, 0.29) is 5.04 Å². The van der Waals surface area contributed by atoms with Gasteiger partial charge in [0.25, 0.3) is 0 Å². The number of nitrogens with zero attached hydrogens (tertiary/aromatic N) is 3. The number of hydrogen-bond acceptors (Lipinski definition) is 4. The van der Waals surface area contributed by atoms with E-state index in [0.29, 0.717) is 6.61 Å². The van der Waals surface area contributed by atoms with E-state index in [9.17, 15) is 0 Å². The van der Waals surface area contributed by atoms with E-state index in [1.54, 1.807) is 0 Å². The van der Waals surface area contributed by atoms with Gasteiger partial charge in [0.05, 0.1) is 0 Å². The lowest BCUT2D eigenvalue weighted by Crippen LogP contribution is -2.41. The Kier molecular flexibility index (Phi) is 3.61. The zero-order valence-corrected chi connectivity index (χ0v) is 11.2. The van der Waals surface area contributed by atoms with Crippen LogP contribution < -0.4 is 0 Å². The summed E-state index contributed by atoms with van der Waals surface area (Å²) in [5, 5.41) is 13.8. The molecular formula is C9H20N4OSi. The van der Waals surface area contributed by atoms with E-state index in [1.807, 2.05) is 0 Å². The van der Waals surface area contributed by atoms with Gasteiger partial charge in [-0.25, -0.2) is 5.10 Å². The van der Waals surface area contributed by atoms with Gasteiger partial charge in [-0.1, -0.05) is 20.8 Å². The molecule has 15 heavy (non-hydrogen) atoms. The van der Waals surface area contributed by atoms with Crippen LogP contribution >= 0.6 is 0 Å². The Morgan fingerprint density at radius 3 is 2.47 bits per heavy atom. The van der Waals surface area contributed by atoms with E-state index >= 15 is 0 Å². The van der Waals surface area contributed by atoms with Gasteiger partial charge in [0.15, 0.2) is 14.1 Å². The quantitative estimate of drug-likeness (QED) is 0.798. The molecule has 0 atom stereocenters. The highest BCUT2D eigenvalue weighted by atomic mass is 28.4. The van der Waals surface area contributed by atoms with Crippen molar-refractivity contribution in [1.29, 1.82) is 0 Å². The fourth-order valence-electron chi connectivity index (χ4n) is 0.904. The third-order valence-electron chi connectivity index (χ3n) is 3.00. The molecule has 0 spiro atoms. The Balaban J connectivity index is 2.37. The molecule has 1 heterocycles. The van der Waals surface area contributed by atoms with Crippen molar-refractivity contribution in [3.63, 3.8) is 0 Å². The van der Waals surface area contributed by atoms with Gasteiger partial charge in [0, 0.05) is 13.0 Å². The monoisotopic (exact) mass is 228 g/mol. The first-order chi connectivity index (χ1) is 6.83. The standard InChI is InChI=1S/C9H20N4OSi/c1-9(2,3)15(4,5)14-7-6-8-10-12-13-11-8/h6-7H2,1-5H3,(H,10,11,12,13). The highest BCUT2D eigenvalue weighted by molar-refractivity contribution is 6.74. The molecule has 0 bridgehead atoms. The largest absolute Gasteiger partial charge is 0.416 e. The number of nitrogens with one attached hydrogen (secondary N) is 1. The first-order valence-electron chi connectivity index (χ1n) is 5.19. The molecule has 1 aromatic heterocycles. The number of aromatic nitrogens is 4. The second kappa shape index (κ2) is 4.40. The van der Waals surface area contributed by atoms with Crippen molar-refractivity contribution in [2.45, 2.75) is 45.3 Å². The predicted molar refractivity (Wildman–Crippen MR) is 61.0 cm³/mol. The lowest BCUT2D eigenvalue weighted by molar-refractivity contribution is 0.289. The summed E-state index contributed by atoms with van der Waals surface area (Å²) in [5.41, 5.74) is 0. The van der Waals surface area contributed by atoms with Gasteiger partial charge in [-0.15, -0.1) is 5.10 Å². The van der Waals surface area contributed by atoms with E-state index < -0.39 is 8.32 Å². The van der Waals surface area contributed by atoms with Crippen molar-refractivity contribution in [3.05, 3.63) is 5.82 Å². The molecule has 1 N–H and O–H groups in total. The van der Waals surface area contributed by atoms with Crippen molar-refractivity contribution in [1.82, 2.24) is 20.6 Å². The summed E-state index contributed by atoms with van der Waals surface area (Å²) in [4.78, 5) is 0. The highest BCUT2D eigenvalue weighted by Crippen LogP contribution is 2.36. The average Bonchev–Trinajstić information content (AvgIpc) is 2.54. The molecule has 0 saturated carbocycles. The number of tetrazole rings is 1. The number of hydrogen-bond donors (Lipinski definition) is 1. The molecule has 0 aliphatic heterocycles. The third-order valence-corrected chi connectivity index (χ3v) is 7.54. The molecule has 0 aliphatic rings. The topological polar surface area (TPSA) is 63.7 Å². The molecule has 1 aromatic rings. The molecule has 5 nitrogen and oxygen atoms in total. The van der Waals surface area contributed by atoms with Gasteiger partial charge in [-0.05, 0) is 28.6 Å². The Bertz CT molecular complexity index is 292. The van der Waals surface area contributed by atoms with Crippen LogP contribution in [0.3, 0.4) is 0 Å². The maximum absolute atomic E-state index is 5.99. The second-order valence-electron chi connectivity index (χ2n) is 5.21. The van der Waals surface area contributed by atoms with Gasteiger partial charge < -0.3 is 4.43 Å². The summed E-state index contributed by atoms with van der Waals surface area (Å²) in [6, 6.07) is 0. The first kappa shape index (κ1) is 12.3. The van der Waals surface area contributed by atoms with Crippen molar-refractivity contribution in [2.75, 3.05) is 6.61 Å². The van der Waals surface area contributed by atoms with E-state index in [0.717, 1.165) is 12.2 Å².